The number of carbonyl (C=O) groups is 1. The number of aromatic hydroxyl groups is 1. The van der Waals surface area contributed by atoms with Gasteiger partial charge in [0, 0.05) is 25.5 Å². The molecule has 0 spiro atoms. The van der Waals surface area contributed by atoms with Crippen molar-refractivity contribution >= 4 is 15.9 Å². The lowest BCUT2D eigenvalue weighted by molar-refractivity contribution is -0.127. The molecule has 0 aliphatic carbocycles. The van der Waals surface area contributed by atoms with Crippen LogP contribution < -0.4 is 11.0 Å². The van der Waals surface area contributed by atoms with Gasteiger partial charge in [-0.1, -0.05) is 75.3 Å². The van der Waals surface area contributed by atoms with Crippen LogP contribution in [0.15, 0.2) is 94.3 Å². The fourth-order valence-electron chi connectivity index (χ4n) is 5.58. The number of aliphatic hydroxyl groups excluding tert-OH is 1. The standard InChI is InChI=1S/C34H43N7O7S/c1-23(2)19-39(49(47,48)28-12-10-26(11-13-28)17-37-46)21-30(42)29(16-25-8-6-5-7-9-25)38-33(44)32(24(3)4)41-22-31(43)40(34(41)45)20-27-18-35-14-15-36-27/h5-15,18,22-24,29-30,32,42-43H,16-17,19-21H2,1-4H3,(H,38,44)/t29-,30+,32-/m0/s1. The minimum Gasteiger partial charge on any atom is -0.493 e. The molecule has 3 N–H and O–H groups in total. The normalized spacial score (nSPS) is 13.8. The maximum Gasteiger partial charge on any atom is 0.332 e. The zero-order chi connectivity index (χ0) is 35.7. The van der Waals surface area contributed by atoms with Crippen LogP contribution in [0.2, 0.25) is 0 Å². The van der Waals surface area contributed by atoms with E-state index in [2.05, 4.69) is 20.5 Å². The molecule has 1 amide bonds. The highest BCUT2D eigenvalue weighted by molar-refractivity contribution is 7.89. The molecule has 49 heavy (non-hydrogen) atoms. The van der Waals surface area contributed by atoms with Gasteiger partial charge in [-0.05, 0) is 41.5 Å². The highest BCUT2D eigenvalue weighted by atomic mass is 32.2. The summed E-state index contributed by atoms with van der Waals surface area (Å²) in [6.45, 7) is 6.81. The van der Waals surface area contributed by atoms with Gasteiger partial charge in [0.1, 0.15) is 12.6 Å². The van der Waals surface area contributed by atoms with Gasteiger partial charge in [-0.15, -0.1) is 0 Å². The second-order valence-electron chi connectivity index (χ2n) is 12.7. The Morgan fingerprint density at radius 1 is 1.00 bits per heavy atom. The lowest BCUT2D eigenvalue weighted by atomic mass is 9.98. The van der Waals surface area contributed by atoms with E-state index in [0.29, 0.717) is 11.3 Å². The molecule has 14 nitrogen and oxygen atoms in total. The molecule has 0 saturated heterocycles. The summed E-state index contributed by atoms with van der Waals surface area (Å²) < 4.78 is 31.1. The van der Waals surface area contributed by atoms with Crippen LogP contribution in [-0.4, -0.2) is 73.2 Å². The summed E-state index contributed by atoms with van der Waals surface area (Å²) in [6, 6.07) is 12.9. The number of sulfonamides is 1. The van der Waals surface area contributed by atoms with Crippen molar-refractivity contribution in [3.05, 3.63) is 112 Å². The first-order valence-corrected chi connectivity index (χ1v) is 17.4. The molecule has 0 fully saturated rings. The molecule has 0 unspecified atom stereocenters. The third-order valence-electron chi connectivity index (χ3n) is 7.98. The third kappa shape index (κ3) is 9.46. The zero-order valence-corrected chi connectivity index (χ0v) is 28.8. The summed E-state index contributed by atoms with van der Waals surface area (Å²) in [5, 5.41) is 28.1. The lowest BCUT2D eigenvalue weighted by Gasteiger charge is -2.32. The fraction of sp³-hybridized carbons (Fsp3) is 0.412. The van der Waals surface area contributed by atoms with Gasteiger partial charge < -0.3 is 15.5 Å². The first-order chi connectivity index (χ1) is 23.3. The smallest absolute Gasteiger partial charge is 0.332 e. The van der Waals surface area contributed by atoms with E-state index in [-0.39, 0.29) is 49.3 Å². The van der Waals surface area contributed by atoms with Crippen molar-refractivity contribution < 1.29 is 23.4 Å². The summed E-state index contributed by atoms with van der Waals surface area (Å²) in [5.41, 5.74) is 1.15. The number of rotatable bonds is 17. The fourth-order valence-corrected chi connectivity index (χ4v) is 7.20. The summed E-state index contributed by atoms with van der Waals surface area (Å²) in [4.78, 5) is 46.3. The summed E-state index contributed by atoms with van der Waals surface area (Å²) >= 11 is 0. The van der Waals surface area contributed by atoms with Gasteiger partial charge in [-0.2, -0.15) is 9.21 Å². The Morgan fingerprint density at radius 3 is 2.29 bits per heavy atom. The van der Waals surface area contributed by atoms with Crippen molar-refractivity contribution in [1.82, 2.24) is 28.7 Å². The molecule has 4 rings (SSSR count). The molecule has 262 valence electrons. The van der Waals surface area contributed by atoms with Gasteiger partial charge in [-0.25, -0.2) is 13.2 Å². The largest absolute Gasteiger partial charge is 0.493 e. The second kappa shape index (κ2) is 16.6. The van der Waals surface area contributed by atoms with Crippen LogP contribution in [0.4, 0.5) is 0 Å². The molecule has 15 heteroatoms. The number of carbonyl (C=O) groups excluding carboxylic acids is 1. The van der Waals surface area contributed by atoms with Crippen molar-refractivity contribution in [2.45, 2.75) is 70.3 Å². The van der Waals surface area contributed by atoms with Crippen LogP contribution in [0.1, 0.15) is 50.6 Å². The number of nitrogens with one attached hydrogen (secondary N) is 1. The van der Waals surface area contributed by atoms with Crippen molar-refractivity contribution in [1.29, 1.82) is 0 Å². The minimum atomic E-state index is -4.10. The van der Waals surface area contributed by atoms with Crippen LogP contribution in [0.25, 0.3) is 0 Å². The molecule has 0 radical (unpaired) electrons. The average Bonchev–Trinajstić information content (AvgIpc) is 3.33. The Morgan fingerprint density at radius 2 is 1.69 bits per heavy atom. The van der Waals surface area contributed by atoms with E-state index in [9.17, 15) is 33.1 Å². The topological polar surface area (TPSA) is 189 Å². The van der Waals surface area contributed by atoms with Gasteiger partial charge >= 0.3 is 5.69 Å². The molecule has 2 heterocycles. The first-order valence-electron chi connectivity index (χ1n) is 16.0. The van der Waals surface area contributed by atoms with Crippen LogP contribution >= 0.6 is 0 Å². The molecule has 0 bridgehead atoms. The van der Waals surface area contributed by atoms with Crippen LogP contribution in [-0.2, 0) is 34.3 Å². The van der Waals surface area contributed by atoms with Crippen molar-refractivity contribution in [3.8, 4) is 5.88 Å². The van der Waals surface area contributed by atoms with E-state index in [1.165, 1.54) is 53.4 Å². The van der Waals surface area contributed by atoms with E-state index in [0.717, 1.165) is 14.7 Å². The van der Waals surface area contributed by atoms with Gasteiger partial charge in [0.15, 0.2) is 0 Å². The van der Waals surface area contributed by atoms with Crippen LogP contribution in [0, 0.1) is 16.7 Å². The third-order valence-corrected chi connectivity index (χ3v) is 9.82. The van der Waals surface area contributed by atoms with E-state index >= 15 is 0 Å². The Kier molecular flexibility index (Phi) is 12.6. The zero-order valence-electron chi connectivity index (χ0n) is 28.0. The van der Waals surface area contributed by atoms with Crippen LogP contribution in [0.3, 0.4) is 0 Å². The van der Waals surface area contributed by atoms with E-state index in [1.807, 2.05) is 44.2 Å². The number of benzene rings is 2. The van der Waals surface area contributed by atoms with E-state index in [1.54, 1.807) is 13.8 Å². The average molecular weight is 694 g/mol. The molecule has 2 aromatic carbocycles. The summed E-state index contributed by atoms with van der Waals surface area (Å²) in [6.07, 6.45) is 4.41. The number of amides is 1. The SMILES string of the molecule is CC(C)CN(C[C@@H](O)[C@H](Cc1ccccc1)NC(=O)[C@H](C(C)C)n1cc(O)n(Cc2cnccn2)c1=O)S(=O)(=O)c1ccc(CN=O)cc1. The number of aromatic nitrogens is 4. The van der Waals surface area contributed by atoms with E-state index < -0.39 is 45.7 Å². The van der Waals surface area contributed by atoms with Gasteiger partial charge in [0.25, 0.3) is 0 Å². The molecule has 2 aromatic heterocycles. The molecule has 0 saturated carbocycles. The van der Waals surface area contributed by atoms with Crippen molar-refractivity contribution in [2.24, 2.45) is 17.0 Å². The number of aliphatic hydroxyl groups is 1. The highest BCUT2D eigenvalue weighted by Gasteiger charge is 2.34. The number of hydrogen-bond acceptors (Lipinski definition) is 10. The maximum atomic E-state index is 14.0. The van der Waals surface area contributed by atoms with Crippen molar-refractivity contribution in [2.75, 3.05) is 13.1 Å². The second-order valence-corrected chi connectivity index (χ2v) is 14.6. The molecule has 0 aliphatic heterocycles. The van der Waals surface area contributed by atoms with Gasteiger partial charge in [-0.3, -0.25) is 23.9 Å². The molecular formula is C34H43N7O7S. The van der Waals surface area contributed by atoms with Gasteiger partial charge in [0.05, 0.1) is 41.7 Å². The molecule has 3 atom stereocenters. The Labute approximate surface area is 285 Å². The number of hydrogen-bond donors (Lipinski definition) is 3. The molecular weight excluding hydrogens is 650 g/mol. The Hall–Kier alpha value is -4.73. The predicted octanol–water partition coefficient (Wildman–Crippen LogP) is 3.09. The quantitative estimate of drug-likeness (QED) is 0.140. The number of nitrogens with zero attached hydrogens (tertiary/aromatic N) is 6. The Balaban J connectivity index is 1.64. The lowest BCUT2D eigenvalue weighted by Crippen LogP contribution is -2.53. The highest BCUT2D eigenvalue weighted by Crippen LogP contribution is 2.23. The monoisotopic (exact) mass is 693 g/mol. The Bertz CT molecular complexity index is 1850. The van der Waals surface area contributed by atoms with E-state index in [4.69, 9.17) is 0 Å². The first kappa shape index (κ1) is 37.1. The van der Waals surface area contributed by atoms with Gasteiger partial charge in [0.2, 0.25) is 21.8 Å². The predicted molar refractivity (Wildman–Crippen MR) is 183 cm³/mol. The summed E-state index contributed by atoms with van der Waals surface area (Å²) in [5.74, 6) is -1.47. The molecule has 4 aromatic rings. The van der Waals surface area contributed by atoms with Crippen LogP contribution in [0.5, 0.6) is 5.88 Å². The molecule has 0 aliphatic rings. The minimum absolute atomic E-state index is 0.0105. The summed E-state index contributed by atoms with van der Waals surface area (Å²) in [7, 11) is -4.10. The maximum absolute atomic E-state index is 14.0. The number of nitroso groups, excluding NO2 is 1. The van der Waals surface area contributed by atoms with Crippen molar-refractivity contribution in [3.63, 3.8) is 0 Å². The number of imidazole rings is 1.